The van der Waals surface area contributed by atoms with Crippen LogP contribution in [-0.2, 0) is 11.3 Å². The van der Waals surface area contributed by atoms with Crippen molar-refractivity contribution in [3.8, 4) is 0 Å². The molecule has 7 nitrogen and oxygen atoms in total. The number of carbonyl (C=O) groups is 1. The van der Waals surface area contributed by atoms with Crippen molar-refractivity contribution in [1.29, 1.82) is 0 Å². The lowest BCUT2D eigenvalue weighted by atomic mass is 10.3. The Labute approximate surface area is 181 Å². The quantitative estimate of drug-likeness (QED) is 0.261. The van der Waals surface area contributed by atoms with Crippen LogP contribution < -0.4 is 10.6 Å². The average molecular weight is 503 g/mol. The van der Waals surface area contributed by atoms with E-state index in [2.05, 4.69) is 25.6 Å². The van der Waals surface area contributed by atoms with E-state index in [1.54, 1.807) is 13.1 Å². The van der Waals surface area contributed by atoms with Gasteiger partial charge in [0.25, 0.3) is 0 Å². The molecule has 0 bridgehead atoms. The molecular weight excluding hydrogens is 477 g/mol. The van der Waals surface area contributed by atoms with Crippen LogP contribution in [-0.4, -0.2) is 35.0 Å². The fourth-order valence-electron chi connectivity index (χ4n) is 2.23. The standard InChI is InChI=1S/C18H25N5O2S.HI/c1-5-19-18(21-11-14-9-7-8-10-20-14)23-13(4)16-22-12(3)15(26-16)17(24)25-6-2;/h7-10,13H,5-6,11H2,1-4H3,(H2,19,21,23);1H. The van der Waals surface area contributed by atoms with Crippen molar-refractivity contribution in [3.63, 3.8) is 0 Å². The summed E-state index contributed by atoms with van der Waals surface area (Å²) >= 11 is 1.35. The molecule has 0 aromatic carbocycles. The van der Waals surface area contributed by atoms with E-state index in [0.29, 0.717) is 29.7 Å². The van der Waals surface area contributed by atoms with Gasteiger partial charge in [0.15, 0.2) is 5.96 Å². The van der Waals surface area contributed by atoms with E-state index >= 15 is 0 Å². The molecule has 9 heteroatoms. The fraction of sp³-hybridized carbons (Fsp3) is 0.444. The Morgan fingerprint density at radius 1 is 1.37 bits per heavy atom. The SMILES string of the molecule is CCNC(=NCc1ccccn1)NC(C)c1nc(C)c(C(=O)OCC)s1.I. The molecule has 0 radical (unpaired) electrons. The highest BCUT2D eigenvalue weighted by atomic mass is 127. The number of rotatable bonds is 7. The van der Waals surface area contributed by atoms with E-state index in [1.165, 1.54) is 11.3 Å². The summed E-state index contributed by atoms with van der Waals surface area (Å²) in [7, 11) is 0. The van der Waals surface area contributed by atoms with Crippen LogP contribution in [0.5, 0.6) is 0 Å². The van der Waals surface area contributed by atoms with Crippen LogP contribution in [0.3, 0.4) is 0 Å². The lowest BCUT2D eigenvalue weighted by Crippen LogP contribution is -2.38. The molecular formula is C18H26IN5O2S. The highest BCUT2D eigenvalue weighted by Gasteiger charge is 2.20. The van der Waals surface area contributed by atoms with Crippen molar-refractivity contribution in [2.75, 3.05) is 13.2 Å². The van der Waals surface area contributed by atoms with Crippen LogP contribution in [0.4, 0.5) is 0 Å². The van der Waals surface area contributed by atoms with Gasteiger partial charge in [0, 0.05) is 12.7 Å². The number of guanidine groups is 1. The van der Waals surface area contributed by atoms with E-state index in [1.807, 2.05) is 39.0 Å². The molecule has 0 aliphatic heterocycles. The first-order valence-corrected chi connectivity index (χ1v) is 9.46. The number of aryl methyl sites for hydroxylation is 1. The molecule has 0 spiro atoms. The topological polar surface area (TPSA) is 88.5 Å². The number of nitrogens with one attached hydrogen (secondary N) is 2. The monoisotopic (exact) mass is 503 g/mol. The Morgan fingerprint density at radius 2 is 2.15 bits per heavy atom. The third-order valence-electron chi connectivity index (χ3n) is 3.47. The predicted octanol–water partition coefficient (Wildman–Crippen LogP) is 3.46. The minimum absolute atomic E-state index is 0. The largest absolute Gasteiger partial charge is 0.462 e. The summed E-state index contributed by atoms with van der Waals surface area (Å²) in [5, 5.41) is 7.35. The summed E-state index contributed by atoms with van der Waals surface area (Å²) < 4.78 is 5.08. The lowest BCUT2D eigenvalue weighted by molar-refractivity contribution is 0.0531. The molecule has 2 heterocycles. The zero-order valence-corrected chi connectivity index (χ0v) is 19.1. The molecule has 0 aliphatic rings. The van der Waals surface area contributed by atoms with Crippen molar-refractivity contribution < 1.29 is 9.53 Å². The maximum absolute atomic E-state index is 12.0. The molecule has 1 atom stereocenters. The van der Waals surface area contributed by atoms with Gasteiger partial charge >= 0.3 is 5.97 Å². The first-order chi connectivity index (χ1) is 12.5. The third-order valence-corrected chi connectivity index (χ3v) is 4.79. The minimum atomic E-state index is -0.323. The Hall–Kier alpha value is -1.75. The molecule has 2 N–H and O–H groups in total. The molecule has 2 aromatic rings. The number of thiazole rings is 1. The molecule has 2 rings (SSSR count). The van der Waals surface area contributed by atoms with Crippen LogP contribution in [0, 0.1) is 6.92 Å². The van der Waals surface area contributed by atoms with Crippen LogP contribution in [0.2, 0.25) is 0 Å². The van der Waals surface area contributed by atoms with Gasteiger partial charge in [0.1, 0.15) is 9.88 Å². The first-order valence-electron chi connectivity index (χ1n) is 8.64. The number of halogens is 1. The van der Waals surface area contributed by atoms with Gasteiger partial charge in [0.2, 0.25) is 0 Å². The molecule has 0 fully saturated rings. The van der Waals surface area contributed by atoms with Crippen LogP contribution in [0.15, 0.2) is 29.4 Å². The van der Waals surface area contributed by atoms with E-state index in [9.17, 15) is 4.79 Å². The van der Waals surface area contributed by atoms with Gasteiger partial charge in [-0.1, -0.05) is 6.07 Å². The molecule has 0 aliphatic carbocycles. The molecule has 0 saturated carbocycles. The van der Waals surface area contributed by atoms with Gasteiger partial charge in [0.05, 0.1) is 30.6 Å². The summed E-state index contributed by atoms with van der Waals surface area (Å²) in [6, 6.07) is 5.66. The number of aliphatic imine (C=N–C) groups is 1. The second kappa shape index (κ2) is 11.9. The Bertz CT molecular complexity index is 751. The third kappa shape index (κ3) is 7.06. The molecule has 1 unspecified atom stereocenters. The maximum atomic E-state index is 12.0. The van der Waals surface area contributed by atoms with Gasteiger partial charge in [-0.05, 0) is 39.8 Å². The van der Waals surface area contributed by atoms with Gasteiger partial charge in [-0.15, -0.1) is 35.3 Å². The second-order valence-corrected chi connectivity index (χ2v) is 6.60. The van der Waals surface area contributed by atoms with Crippen molar-refractivity contribution in [3.05, 3.63) is 45.7 Å². The van der Waals surface area contributed by atoms with E-state index in [-0.39, 0.29) is 36.0 Å². The average Bonchev–Trinajstić information content (AvgIpc) is 3.03. The van der Waals surface area contributed by atoms with E-state index < -0.39 is 0 Å². The fourth-order valence-corrected chi connectivity index (χ4v) is 3.19. The number of carbonyl (C=O) groups excluding carboxylic acids is 1. The highest BCUT2D eigenvalue weighted by Crippen LogP contribution is 2.24. The molecule has 148 valence electrons. The zero-order valence-electron chi connectivity index (χ0n) is 16.0. The van der Waals surface area contributed by atoms with Gasteiger partial charge in [-0.25, -0.2) is 14.8 Å². The minimum Gasteiger partial charge on any atom is -0.462 e. The Kier molecular flexibility index (Phi) is 10.2. The van der Waals surface area contributed by atoms with Gasteiger partial charge in [-0.3, -0.25) is 4.98 Å². The van der Waals surface area contributed by atoms with Crippen LogP contribution >= 0.6 is 35.3 Å². The number of pyridine rings is 1. The van der Waals surface area contributed by atoms with E-state index in [0.717, 1.165) is 17.2 Å². The van der Waals surface area contributed by atoms with Crippen molar-refractivity contribution in [2.45, 2.75) is 40.3 Å². The second-order valence-electron chi connectivity index (χ2n) is 5.57. The molecule has 27 heavy (non-hydrogen) atoms. The zero-order chi connectivity index (χ0) is 18.9. The van der Waals surface area contributed by atoms with Crippen molar-refractivity contribution in [2.24, 2.45) is 4.99 Å². The van der Waals surface area contributed by atoms with Crippen LogP contribution in [0.1, 0.15) is 52.9 Å². The number of esters is 1. The predicted molar refractivity (Wildman–Crippen MR) is 119 cm³/mol. The van der Waals surface area contributed by atoms with E-state index in [4.69, 9.17) is 4.74 Å². The summed E-state index contributed by atoms with van der Waals surface area (Å²) in [5.74, 6) is 0.355. The number of hydrogen-bond donors (Lipinski definition) is 2. The van der Waals surface area contributed by atoms with Crippen LogP contribution in [0.25, 0.3) is 0 Å². The Morgan fingerprint density at radius 3 is 2.78 bits per heavy atom. The van der Waals surface area contributed by atoms with Crippen molar-refractivity contribution in [1.82, 2.24) is 20.6 Å². The Balaban J connectivity index is 0.00000364. The number of hydrogen-bond acceptors (Lipinski definition) is 6. The molecule has 2 aromatic heterocycles. The lowest BCUT2D eigenvalue weighted by Gasteiger charge is -2.15. The maximum Gasteiger partial charge on any atom is 0.350 e. The first kappa shape index (κ1) is 23.3. The van der Waals surface area contributed by atoms with Crippen molar-refractivity contribution >= 4 is 47.2 Å². The van der Waals surface area contributed by atoms with Gasteiger partial charge in [-0.2, -0.15) is 0 Å². The number of ether oxygens (including phenoxy) is 1. The number of nitrogens with zero attached hydrogens (tertiary/aromatic N) is 3. The summed E-state index contributed by atoms with van der Waals surface area (Å²) in [6.45, 7) is 9.18. The highest BCUT2D eigenvalue weighted by molar-refractivity contribution is 14.0. The molecule has 0 amide bonds. The van der Waals surface area contributed by atoms with Gasteiger partial charge < -0.3 is 15.4 Å². The molecule has 0 saturated heterocycles. The number of aromatic nitrogens is 2. The summed E-state index contributed by atoms with van der Waals surface area (Å²) in [4.78, 5) is 25.9. The smallest absolute Gasteiger partial charge is 0.350 e. The summed E-state index contributed by atoms with van der Waals surface area (Å²) in [6.07, 6.45) is 1.75. The normalized spacial score (nSPS) is 12.1. The summed E-state index contributed by atoms with van der Waals surface area (Å²) in [5.41, 5.74) is 1.58.